The summed E-state index contributed by atoms with van der Waals surface area (Å²) in [6, 6.07) is 7.48. The summed E-state index contributed by atoms with van der Waals surface area (Å²) < 4.78 is 13.0. The zero-order valence-corrected chi connectivity index (χ0v) is 12.6. The Balaban J connectivity index is 2.02. The Labute approximate surface area is 121 Å². The number of nitrogens with zero attached hydrogens (tertiary/aromatic N) is 2. The van der Waals surface area contributed by atoms with Crippen LogP contribution in [0.4, 0.5) is 4.39 Å². The van der Waals surface area contributed by atoms with Crippen molar-refractivity contribution in [3.8, 4) is 0 Å². The Morgan fingerprint density at radius 2 is 1.90 bits per heavy atom. The van der Waals surface area contributed by atoms with Crippen molar-refractivity contribution in [2.75, 3.05) is 33.2 Å². The third-order valence-corrected chi connectivity index (χ3v) is 4.55. The number of nitrogens with two attached hydrogens (primary N) is 1. The van der Waals surface area contributed by atoms with Crippen LogP contribution < -0.4 is 5.73 Å². The maximum absolute atomic E-state index is 13.0. The van der Waals surface area contributed by atoms with Gasteiger partial charge in [0.1, 0.15) is 5.82 Å². The van der Waals surface area contributed by atoms with Crippen LogP contribution in [0.5, 0.6) is 0 Å². The minimum absolute atomic E-state index is 0.175. The van der Waals surface area contributed by atoms with Gasteiger partial charge in [-0.1, -0.05) is 19.1 Å². The van der Waals surface area contributed by atoms with E-state index in [9.17, 15) is 4.39 Å². The number of hydrogen-bond donors (Lipinski definition) is 1. The van der Waals surface area contributed by atoms with Crippen molar-refractivity contribution in [3.05, 3.63) is 35.6 Å². The molecule has 2 N–H and O–H groups in total. The van der Waals surface area contributed by atoms with Crippen LogP contribution in [0.15, 0.2) is 24.3 Å². The summed E-state index contributed by atoms with van der Waals surface area (Å²) in [5.41, 5.74) is 7.06. The lowest BCUT2D eigenvalue weighted by atomic mass is 9.98. The molecule has 1 fully saturated rings. The Kier molecular flexibility index (Phi) is 5.52. The molecule has 1 saturated heterocycles. The van der Waals surface area contributed by atoms with Crippen LogP contribution in [0.25, 0.3) is 0 Å². The van der Waals surface area contributed by atoms with Gasteiger partial charge in [-0.3, -0.25) is 4.90 Å². The number of piperidine rings is 1. The lowest BCUT2D eigenvalue weighted by Gasteiger charge is -2.40. The zero-order chi connectivity index (χ0) is 14.5. The number of rotatable bonds is 5. The van der Waals surface area contributed by atoms with Gasteiger partial charge in [-0.2, -0.15) is 0 Å². The highest BCUT2D eigenvalue weighted by atomic mass is 19.1. The van der Waals surface area contributed by atoms with Crippen LogP contribution in [0.1, 0.15) is 31.4 Å². The monoisotopic (exact) mass is 279 g/mol. The van der Waals surface area contributed by atoms with Gasteiger partial charge in [0.25, 0.3) is 0 Å². The molecule has 112 valence electrons. The molecule has 1 aliphatic rings. The van der Waals surface area contributed by atoms with Gasteiger partial charge in [-0.25, -0.2) is 4.39 Å². The third-order valence-electron chi connectivity index (χ3n) is 4.55. The topological polar surface area (TPSA) is 32.5 Å². The molecule has 0 bridgehead atoms. The third kappa shape index (κ3) is 3.57. The van der Waals surface area contributed by atoms with E-state index < -0.39 is 0 Å². The fraction of sp³-hybridized carbons (Fsp3) is 0.625. The summed E-state index contributed by atoms with van der Waals surface area (Å²) in [7, 11) is 2.15. The quantitative estimate of drug-likeness (QED) is 0.897. The van der Waals surface area contributed by atoms with Crippen LogP contribution in [-0.4, -0.2) is 49.1 Å². The molecule has 0 radical (unpaired) electrons. The molecule has 1 unspecified atom stereocenters. The van der Waals surface area contributed by atoms with Crippen LogP contribution in [0.2, 0.25) is 0 Å². The summed E-state index contributed by atoms with van der Waals surface area (Å²) >= 11 is 0. The number of halogens is 1. The Bertz CT molecular complexity index is 399. The van der Waals surface area contributed by atoms with Crippen LogP contribution in [0, 0.1) is 5.82 Å². The molecule has 20 heavy (non-hydrogen) atoms. The number of likely N-dealkylation sites (tertiary alicyclic amines) is 1. The molecule has 1 heterocycles. The Hall–Kier alpha value is -0.970. The summed E-state index contributed by atoms with van der Waals surface area (Å²) in [4.78, 5) is 4.86. The summed E-state index contributed by atoms with van der Waals surface area (Å²) in [6.45, 7) is 6.23. The van der Waals surface area contributed by atoms with Crippen molar-refractivity contribution in [2.24, 2.45) is 5.73 Å². The van der Waals surface area contributed by atoms with Crippen molar-refractivity contribution in [2.45, 2.75) is 31.8 Å². The van der Waals surface area contributed by atoms with E-state index in [2.05, 4.69) is 23.8 Å². The molecule has 2 rings (SSSR count). The molecule has 0 spiro atoms. The second-order valence-corrected chi connectivity index (χ2v) is 5.63. The first-order valence-corrected chi connectivity index (χ1v) is 7.55. The largest absolute Gasteiger partial charge is 0.329 e. The molecule has 0 aliphatic carbocycles. The lowest BCUT2D eigenvalue weighted by Crippen LogP contribution is -2.45. The average molecular weight is 279 g/mol. The van der Waals surface area contributed by atoms with Gasteiger partial charge in [0.15, 0.2) is 0 Å². The maximum Gasteiger partial charge on any atom is 0.123 e. The highest BCUT2D eigenvalue weighted by Crippen LogP contribution is 2.25. The molecule has 0 amide bonds. The molecular weight excluding hydrogens is 253 g/mol. The number of benzene rings is 1. The molecule has 1 atom stereocenters. The van der Waals surface area contributed by atoms with Crippen molar-refractivity contribution < 1.29 is 4.39 Å². The molecule has 3 nitrogen and oxygen atoms in total. The Morgan fingerprint density at radius 3 is 2.40 bits per heavy atom. The zero-order valence-electron chi connectivity index (χ0n) is 12.6. The standard InChI is InChI=1S/C16H26FN3/c1-3-20-10-8-15(9-11-20)19(2)16(12-18)13-4-6-14(17)7-5-13/h4-7,15-16H,3,8-12,18H2,1-2H3. The fourth-order valence-electron chi connectivity index (χ4n) is 3.12. The first-order valence-electron chi connectivity index (χ1n) is 7.55. The first-order chi connectivity index (χ1) is 9.65. The van der Waals surface area contributed by atoms with Crippen molar-refractivity contribution in [1.82, 2.24) is 9.80 Å². The number of hydrogen-bond acceptors (Lipinski definition) is 3. The van der Waals surface area contributed by atoms with Crippen molar-refractivity contribution >= 4 is 0 Å². The van der Waals surface area contributed by atoms with Gasteiger partial charge in [0.2, 0.25) is 0 Å². The predicted molar refractivity (Wildman–Crippen MR) is 81.1 cm³/mol. The van der Waals surface area contributed by atoms with Gasteiger partial charge < -0.3 is 10.6 Å². The van der Waals surface area contributed by atoms with Gasteiger partial charge in [-0.15, -0.1) is 0 Å². The minimum Gasteiger partial charge on any atom is -0.329 e. The maximum atomic E-state index is 13.0. The lowest BCUT2D eigenvalue weighted by molar-refractivity contribution is 0.101. The van der Waals surface area contributed by atoms with Crippen LogP contribution >= 0.6 is 0 Å². The fourth-order valence-corrected chi connectivity index (χ4v) is 3.12. The second kappa shape index (κ2) is 7.16. The highest BCUT2D eigenvalue weighted by Gasteiger charge is 2.26. The minimum atomic E-state index is -0.191. The molecule has 1 aliphatic heterocycles. The van der Waals surface area contributed by atoms with E-state index in [-0.39, 0.29) is 11.9 Å². The van der Waals surface area contributed by atoms with E-state index >= 15 is 0 Å². The second-order valence-electron chi connectivity index (χ2n) is 5.63. The van der Waals surface area contributed by atoms with Gasteiger partial charge >= 0.3 is 0 Å². The van der Waals surface area contributed by atoms with Crippen LogP contribution in [0.3, 0.4) is 0 Å². The average Bonchev–Trinajstić information content (AvgIpc) is 2.50. The summed E-state index contributed by atoms with van der Waals surface area (Å²) in [5.74, 6) is -0.191. The highest BCUT2D eigenvalue weighted by molar-refractivity contribution is 5.20. The smallest absolute Gasteiger partial charge is 0.123 e. The van der Waals surface area contributed by atoms with E-state index in [4.69, 9.17) is 5.73 Å². The molecular formula is C16H26FN3. The van der Waals surface area contributed by atoms with Crippen molar-refractivity contribution in [3.63, 3.8) is 0 Å². The first kappa shape index (κ1) is 15.4. The van der Waals surface area contributed by atoms with E-state index in [1.54, 1.807) is 0 Å². The van der Waals surface area contributed by atoms with E-state index in [1.807, 2.05) is 12.1 Å². The van der Waals surface area contributed by atoms with Crippen LogP contribution in [-0.2, 0) is 0 Å². The van der Waals surface area contributed by atoms with Gasteiger partial charge in [0.05, 0.1) is 0 Å². The summed E-state index contributed by atoms with van der Waals surface area (Å²) in [6.07, 6.45) is 2.37. The predicted octanol–water partition coefficient (Wildman–Crippen LogP) is 2.24. The molecule has 4 heteroatoms. The van der Waals surface area contributed by atoms with Gasteiger partial charge in [-0.05, 0) is 57.2 Å². The molecule has 0 aromatic heterocycles. The molecule has 1 aromatic rings. The van der Waals surface area contributed by atoms with Gasteiger partial charge in [0, 0.05) is 18.6 Å². The van der Waals surface area contributed by atoms with E-state index in [0.29, 0.717) is 12.6 Å². The SMILES string of the molecule is CCN1CCC(N(C)C(CN)c2ccc(F)cc2)CC1. The van der Waals surface area contributed by atoms with E-state index in [1.165, 1.54) is 25.0 Å². The molecule has 1 aromatic carbocycles. The number of likely N-dealkylation sites (N-methyl/N-ethyl adjacent to an activating group) is 1. The Morgan fingerprint density at radius 1 is 1.30 bits per heavy atom. The molecule has 0 saturated carbocycles. The summed E-state index contributed by atoms with van der Waals surface area (Å²) in [5, 5.41) is 0. The van der Waals surface area contributed by atoms with E-state index in [0.717, 1.165) is 25.2 Å². The normalized spacial score (nSPS) is 19.4. The van der Waals surface area contributed by atoms with Crippen molar-refractivity contribution in [1.29, 1.82) is 0 Å².